The van der Waals surface area contributed by atoms with Crippen LogP contribution in [0.3, 0.4) is 0 Å². The molecule has 4 heterocycles. The second kappa shape index (κ2) is 6.43. The van der Waals surface area contributed by atoms with E-state index in [0.717, 1.165) is 10.9 Å². The van der Waals surface area contributed by atoms with Crippen LogP contribution in [0.15, 0.2) is 34.7 Å². The van der Waals surface area contributed by atoms with Gasteiger partial charge < -0.3 is 14.1 Å². The van der Waals surface area contributed by atoms with Crippen LogP contribution in [0.2, 0.25) is 5.02 Å². The van der Waals surface area contributed by atoms with Crippen LogP contribution in [0.1, 0.15) is 0 Å². The zero-order chi connectivity index (χ0) is 19.3. The molecule has 10 nitrogen and oxygen atoms in total. The molecule has 5 rings (SSSR count). The van der Waals surface area contributed by atoms with E-state index in [1.165, 1.54) is 12.1 Å². The molecule has 1 aliphatic rings. The van der Waals surface area contributed by atoms with Gasteiger partial charge in [-0.1, -0.05) is 11.6 Å². The van der Waals surface area contributed by atoms with E-state index < -0.39 is 4.92 Å². The quantitative estimate of drug-likeness (QED) is 0.381. The molecule has 0 bridgehead atoms. The van der Waals surface area contributed by atoms with Crippen molar-refractivity contribution in [3.05, 3.63) is 45.5 Å². The first-order chi connectivity index (χ1) is 13.6. The van der Waals surface area contributed by atoms with Gasteiger partial charge in [0.2, 0.25) is 11.8 Å². The molecule has 11 heteroatoms. The number of anilines is 1. The summed E-state index contributed by atoms with van der Waals surface area (Å²) in [6.07, 6.45) is 0. The molecule has 1 fully saturated rings. The van der Waals surface area contributed by atoms with Gasteiger partial charge in [0.1, 0.15) is 4.92 Å². The number of ether oxygens (including phenoxy) is 1. The highest BCUT2D eigenvalue weighted by Crippen LogP contribution is 2.32. The zero-order valence-electron chi connectivity index (χ0n) is 14.4. The number of furan rings is 1. The summed E-state index contributed by atoms with van der Waals surface area (Å²) in [6.45, 7) is 2.45. The minimum Gasteiger partial charge on any atom is -0.397 e. The maximum absolute atomic E-state index is 11.0. The van der Waals surface area contributed by atoms with Crippen molar-refractivity contribution in [2.45, 2.75) is 0 Å². The number of morpholine rings is 1. The van der Waals surface area contributed by atoms with Crippen molar-refractivity contribution in [1.29, 1.82) is 0 Å². The third-order valence-corrected chi connectivity index (χ3v) is 4.80. The first kappa shape index (κ1) is 16.9. The van der Waals surface area contributed by atoms with Crippen LogP contribution in [-0.4, -0.2) is 50.8 Å². The van der Waals surface area contributed by atoms with Crippen molar-refractivity contribution in [3.8, 4) is 11.6 Å². The fourth-order valence-corrected chi connectivity index (χ4v) is 3.44. The van der Waals surface area contributed by atoms with Gasteiger partial charge in [0.15, 0.2) is 11.4 Å². The molecule has 1 saturated heterocycles. The monoisotopic (exact) mass is 400 g/mol. The standard InChI is InChI=1S/C17H13ClN6O4/c18-10-1-2-12-11(9-10)15-20-21-16(13-3-4-14(28-13)24(25)26)23(15)17(19-12)22-5-7-27-8-6-22/h1-4,9H,5-8H2. The highest BCUT2D eigenvalue weighted by Gasteiger charge is 2.24. The number of nitrogens with zero attached hydrogens (tertiary/aromatic N) is 6. The van der Waals surface area contributed by atoms with Gasteiger partial charge in [0.25, 0.3) is 0 Å². The third kappa shape index (κ3) is 2.65. The SMILES string of the molecule is O=[N+]([O-])c1ccc(-c2nnc3c4cc(Cl)ccc4nc(N4CCOCC4)n23)o1. The molecule has 0 atom stereocenters. The second-order valence-corrected chi connectivity index (χ2v) is 6.69. The molecule has 142 valence electrons. The molecule has 28 heavy (non-hydrogen) atoms. The zero-order valence-corrected chi connectivity index (χ0v) is 15.2. The van der Waals surface area contributed by atoms with Crippen molar-refractivity contribution in [2.24, 2.45) is 0 Å². The maximum atomic E-state index is 11.0. The van der Waals surface area contributed by atoms with E-state index in [1.54, 1.807) is 16.5 Å². The average Bonchev–Trinajstić information content (AvgIpc) is 3.35. The van der Waals surface area contributed by atoms with Gasteiger partial charge in [-0.05, 0) is 24.3 Å². The van der Waals surface area contributed by atoms with Crippen LogP contribution in [0, 0.1) is 10.1 Å². The molecular formula is C17H13ClN6O4. The Morgan fingerprint density at radius 1 is 1.14 bits per heavy atom. The Balaban J connectivity index is 1.80. The van der Waals surface area contributed by atoms with Gasteiger partial charge >= 0.3 is 5.88 Å². The van der Waals surface area contributed by atoms with Gasteiger partial charge in [-0.3, -0.25) is 10.1 Å². The minimum absolute atomic E-state index is 0.233. The van der Waals surface area contributed by atoms with Crippen LogP contribution in [-0.2, 0) is 4.74 Å². The highest BCUT2D eigenvalue weighted by molar-refractivity contribution is 6.31. The van der Waals surface area contributed by atoms with Crippen molar-refractivity contribution < 1.29 is 14.1 Å². The van der Waals surface area contributed by atoms with E-state index in [-0.39, 0.29) is 11.6 Å². The lowest BCUT2D eigenvalue weighted by atomic mass is 10.2. The van der Waals surface area contributed by atoms with Crippen LogP contribution < -0.4 is 4.90 Å². The molecule has 1 aromatic carbocycles. The van der Waals surface area contributed by atoms with Gasteiger partial charge in [-0.2, -0.15) is 0 Å². The van der Waals surface area contributed by atoms with Gasteiger partial charge in [-0.15, -0.1) is 10.2 Å². The number of aromatic nitrogens is 4. The summed E-state index contributed by atoms with van der Waals surface area (Å²) in [5.41, 5.74) is 1.27. The molecule has 0 aliphatic carbocycles. The predicted octanol–water partition coefficient (Wildman–Crippen LogP) is 2.94. The number of fused-ring (bicyclic) bond motifs is 3. The number of nitro groups is 1. The van der Waals surface area contributed by atoms with Gasteiger partial charge in [0.05, 0.1) is 24.8 Å². The molecule has 1 aliphatic heterocycles. The minimum atomic E-state index is -0.594. The molecule has 0 saturated carbocycles. The Bertz CT molecular complexity index is 1210. The lowest BCUT2D eigenvalue weighted by molar-refractivity contribution is -0.401. The molecule has 4 aromatic rings. The van der Waals surface area contributed by atoms with Crippen LogP contribution in [0.25, 0.3) is 28.1 Å². The van der Waals surface area contributed by atoms with Gasteiger partial charge in [-0.25, -0.2) is 9.38 Å². The fourth-order valence-electron chi connectivity index (χ4n) is 3.27. The third-order valence-electron chi connectivity index (χ3n) is 4.57. The Kier molecular flexibility index (Phi) is 3.88. The average molecular weight is 401 g/mol. The number of rotatable bonds is 3. The highest BCUT2D eigenvalue weighted by atomic mass is 35.5. The smallest absolute Gasteiger partial charge is 0.397 e. The number of hydrogen-bond acceptors (Lipinski definition) is 8. The fraction of sp³-hybridized carbons (Fsp3) is 0.235. The molecule has 0 spiro atoms. The Hall–Kier alpha value is -3.24. The number of hydrogen-bond donors (Lipinski definition) is 0. The van der Waals surface area contributed by atoms with Crippen LogP contribution in [0.4, 0.5) is 11.8 Å². The van der Waals surface area contributed by atoms with Crippen molar-refractivity contribution in [2.75, 3.05) is 31.2 Å². The van der Waals surface area contributed by atoms with E-state index in [1.807, 2.05) is 6.07 Å². The topological polar surface area (TPSA) is 112 Å². The lowest BCUT2D eigenvalue weighted by Gasteiger charge is -2.28. The van der Waals surface area contributed by atoms with Crippen molar-refractivity contribution >= 4 is 40.0 Å². The molecule has 0 N–H and O–H groups in total. The first-order valence-corrected chi connectivity index (χ1v) is 8.91. The number of benzene rings is 1. The molecule has 0 amide bonds. The number of halogens is 1. The largest absolute Gasteiger partial charge is 0.433 e. The summed E-state index contributed by atoms with van der Waals surface area (Å²) in [5, 5.41) is 20.8. The lowest BCUT2D eigenvalue weighted by Crippen LogP contribution is -2.38. The second-order valence-electron chi connectivity index (χ2n) is 6.25. The van der Waals surface area contributed by atoms with E-state index in [2.05, 4.69) is 15.1 Å². The molecular weight excluding hydrogens is 388 g/mol. The molecule has 0 radical (unpaired) electrons. The Labute approximate surface area is 162 Å². The molecule has 0 unspecified atom stereocenters. The normalized spacial score (nSPS) is 14.8. The summed E-state index contributed by atoms with van der Waals surface area (Å²) in [6, 6.07) is 8.15. The van der Waals surface area contributed by atoms with E-state index in [0.29, 0.717) is 48.7 Å². The predicted molar refractivity (Wildman–Crippen MR) is 101 cm³/mol. The van der Waals surface area contributed by atoms with Crippen LogP contribution in [0.5, 0.6) is 0 Å². The Morgan fingerprint density at radius 3 is 2.71 bits per heavy atom. The summed E-state index contributed by atoms with van der Waals surface area (Å²) in [7, 11) is 0. The summed E-state index contributed by atoms with van der Waals surface area (Å²) in [5.74, 6) is 0.819. The summed E-state index contributed by atoms with van der Waals surface area (Å²) < 4.78 is 12.5. The first-order valence-electron chi connectivity index (χ1n) is 8.53. The molecule has 3 aromatic heterocycles. The summed E-state index contributed by atoms with van der Waals surface area (Å²) in [4.78, 5) is 17.3. The van der Waals surface area contributed by atoms with E-state index >= 15 is 0 Å². The van der Waals surface area contributed by atoms with Gasteiger partial charge in [0, 0.05) is 23.5 Å². The Morgan fingerprint density at radius 2 is 1.96 bits per heavy atom. The van der Waals surface area contributed by atoms with Crippen LogP contribution >= 0.6 is 11.6 Å². The van der Waals surface area contributed by atoms with Crippen molar-refractivity contribution in [1.82, 2.24) is 19.6 Å². The summed E-state index contributed by atoms with van der Waals surface area (Å²) >= 11 is 6.16. The maximum Gasteiger partial charge on any atom is 0.433 e. The van der Waals surface area contributed by atoms with E-state index in [9.17, 15) is 10.1 Å². The van der Waals surface area contributed by atoms with E-state index in [4.69, 9.17) is 25.7 Å². The van der Waals surface area contributed by atoms with Crippen molar-refractivity contribution in [3.63, 3.8) is 0 Å².